The second kappa shape index (κ2) is 7.34. The van der Waals surface area contributed by atoms with Crippen LogP contribution in [0.1, 0.15) is 15.9 Å². The second-order valence-corrected chi connectivity index (χ2v) is 6.07. The molecule has 6 nitrogen and oxygen atoms in total. The lowest BCUT2D eigenvalue weighted by molar-refractivity contribution is -0.138. The van der Waals surface area contributed by atoms with E-state index in [4.69, 9.17) is 4.74 Å². The number of hydrogen-bond donors (Lipinski definition) is 0. The molecule has 0 fully saturated rings. The van der Waals surface area contributed by atoms with Gasteiger partial charge >= 0.3 is 6.18 Å². The number of rotatable bonds is 5. The first kappa shape index (κ1) is 19.4. The van der Waals surface area contributed by atoms with Gasteiger partial charge < -0.3 is 14.2 Å². The molecule has 3 rings (SSSR count). The molecule has 0 radical (unpaired) electrons. The Bertz CT molecular complexity index is 1010. The van der Waals surface area contributed by atoms with Crippen LogP contribution in [0.3, 0.4) is 0 Å². The number of alkyl halides is 3. The van der Waals surface area contributed by atoms with Crippen molar-refractivity contribution in [3.8, 4) is 5.75 Å². The van der Waals surface area contributed by atoms with E-state index in [9.17, 15) is 27.6 Å². The molecule has 1 aliphatic heterocycles. The highest BCUT2D eigenvalue weighted by Crippen LogP contribution is 2.33. The van der Waals surface area contributed by atoms with E-state index < -0.39 is 29.6 Å². The summed E-state index contributed by atoms with van der Waals surface area (Å²) in [6, 6.07) is 5.78. The third kappa shape index (κ3) is 3.83. The molecule has 2 aromatic rings. The predicted octanol–water partition coefficient (Wildman–Crippen LogP) is 2.66. The number of aromatic nitrogens is 1. The summed E-state index contributed by atoms with van der Waals surface area (Å²) in [6.07, 6.45) is -2.51. The molecule has 0 aliphatic carbocycles. The summed E-state index contributed by atoms with van der Waals surface area (Å²) in [4.78, 5) is 37.8. The van der Waals surface area contributed by atoms with Crippen LogP contribution in [0, 0.1) is 0 Å². The van der Waals surface area contributed by atoms with Crippen molar-refractivity contribution in [3.05, 3.63) is 70.7 Å². The number of Topliss-reactive ketones (excluding diaryl/α,β-unsaturated/α-hetero) is 1. The number of halogens is 3. The zero-order valence-electron chi connectivity index (χ0n) is 14.5. The monoisotopic (exact) mass is 392 g/mol. The Morgan fingerprint density at radius 3 is 2.64 bits per heavy atom. The van der Waals surface area contributed by atoms with Gasteiger partial charge in [-0.05, 0) is 24.3 Å². The molecule has 0 bridgehead atoms. The molecular weight excluding hydrogens is 377 g/mol. The summed E-state index contributed by atoms with van der Waals surface area (Å²) in [5.41, 5.74) is -1.26. The van der Waals surface area contributed by atoms with Crippen molar-refractivity contribution in [1.29, 1.82) is 0 Å². The van der Waals surface area contributed by atoms with Crippen LogP contribution in [-0.2, 0) is 17.5 Å². The number of benzene rings is 1. The average molecular weight is 392 g/mol. The van der Waals surface area contributed by atoms with Crippen molar-refractivity contribution in [3.63, 3.8) is 0 Å². The van der Waals surface area contributed by atoms with Crippen LogP contribution in [0.4, 0.5) is 18.9 Å². The summed E-state index contributed by atoms with van der Waals surface area (Å²) in [5, 5.41) is 0. The van der Waals surface area contributed by atoms with Gasteiger partial charge in [0, 0.05) is 24.4 Å². The van der Waals surface area contributed by atoms with Gasteiger partial charge in [0.2, 0.25) is 0 Å². The van der Waals surface area contributed by atoms with Gasteiger partial charge in [-0.2, -0.15) is 13.2 Å². The number of fused-ring (bicyclic) bond motifs is 1. The molecule has 0 spiro atoms. The molecule has 9 heteroatoms. The van der Waals surface area contributed by atoms with Crippen molar-refractivity contribution in [2.24, 2.45) is 0 Å². The van der Waals surface area contributed by atoms with Crippen LogP contribution in [0.25, 0.3) is 0 Å². The predicted molar refractivity (Wildman–Crippen MR) is 94.5 cm³/mol. The van der Waals surface area contributed by atoms with E-state index in [-0.39, 0.29) is 24.6 Å². The molecule has 1 aromatic heterocycles. The first-order valence-corrected chi connectivity index (χ1v) is 8.19. The molecule has 0 saturated carbocycles. The fraction of sp³-hybridized carbons (Fsp3) is 0.211. The van der Waals surface area contributed by atoms with Crippen molar-refractivity contribution in [2.45, 2.75) is 12.7 Å². The maximum Gasteiger partial charge on any atom is 0.417 e. The van der Waals surface area contributed by atoms with Crippen molar-refractivity contribution in [2.75, 3.05) is 18.1 Å². The molecule has 1 aromatic carbocycles. The minimum Gasteiger partial charge on any atom is -0.482 e. The fourth-order valence-electron chi connectivity index (χ4n) is 2.77. The summed E-state index contributed by atoms with van der Waals surface area (Å²) in [5.74, 6) is -0.499. The van der Waals surface area contributed by atoms with Crippen LogP contribution in [-0.4, -0.2) is 29.4 Å². The van der Waals surface area contributed by atoms with E-state index >= 15 is 0 Å². The molecule has 1 amide bonds. The maximum atomic E-state index is 12.8. The third-order valence-corrected chi connectivity index (χ3v) is 4.16. The quantitative estimate of drug-likeness (QED) is 0.580. The molecule has 0 atom stereocenters. The first-order chi connectivity index (χ1) is 13.2. The van der Waals surface area contributed by atoms with Gasteiger partial charge in [0.1, 0.15) is 5.75 Å². The first-order valence-electron chi connectivity index (χ1n) is 8.19. The van der Waals surface area contributed by atoms with Gasteiger partial charge in [-0.25, -0.2) is 0 Å². The number of nitrogens with zero attached hydrogens (tertiary/aromatic N) is 2. The highest BCUT2D eigenvalue weighted by molar-refractivity contribution is 6.02. The lowest BCUT2D eigenvalue weighted by Gasteiger charge is -2.28. The molecule has 0 unspecified atom stereocenters. The van der Waals surface area contributed by atoms with Gasteiger partial charge in [0.05, 0.1) is 17.8 Å². The topological polar surface area (TPSA) is 68.6 Å². The third-order valence-electron chi connectivity index (χ3n) is 4.16. The van der Waals surface area contributed by atoms with Crippen LogP contribution in [0.5, 0.6) is 5.75 Å². The SMILES string of the molecule is C=CCN1C(=O)COc2ccc(C(=O)Cn3cc(C(F)(F)F)ccc3=O)cc21. The molecule has 146 valence electrons. The van der Waals surface area contributed by atoms with E-state index in [1.54, 1.807) is 0 Å². The Labute approximate surface area is 157 Å². The van der Waals surface area contributed by atoms with E-state index in [0.29, 0.717) is 28.3 Å². The van der Waals surface area contributed by atoms with Crippen LogP contribution < -0.4 is 15.2 Å². The van der Waals surface area contributed by atoms with Crippen molar-refractivity contribution in [1.82, 2.24) is 4.57 Å². The molecule has 2 heterocycles. The highest BCUT2D eigenvalue weighted by Gasteiger charge is 2.31. The smallest absolute Gasteiger partial charge is 0.417 e. The number of ether oxygens (including phenoxy) is 1. The van der Waals surface area contributed by atoms with E-state index in [1.807, 2.05) is 0 Å². The van der Waals surface area contributed by atoms with Crippen LogP contribution >= 0.6 is 0 Å². The Kier molecular flexibility index (Phi) is 5.08. The highest BCUT2D eigenvalue weighted by atomic mass is 19.4. The average Bonchev–Trinajstić information content (AvgIpc) is 2.64. The van der Waals surface area contributed by atoms with Gasteiger partial charge in [0.25, 0.3) is 11.5 Å². The molecule has 28 heavy (non-hydrogen) atoms. The normalized spacial score (nSPS) is 13.7. The minimum atomic E-state index is -4.63. The summed E-state index contributed by atoms with van der Waals surface area (Å²) in [6.45, 7) is 3.07. The Morgan fingerprint density at radius 2 is 1.96 bits per heavy atom. The lowest BCUT2D eigenvalue weighted by Crippen LogP contribution is -2.39. The summed E-state index contributed by atoms with van der Waals surface area (Å²) in [7, 11) is 0. The number of ketones is 1. The molecular formula is C19H15F3N2O4. The summed E-state index contributed by atoms with van der Waals surface area (Å²) < 4.78 is 44.5. The number of carbonyl (C=O) groups is 2. The van der Waals surface area contributed by atoms with Gasteiger partial charge in [0.15, 0.2) is 12.4 Å². The lowest BCUT2D eigenvalue weighted by atomic mass is 10.1. The van der Waals surface area contributed by atoms with Crippen LogP contribution in [0.2, 0.25) is 0 Å². The zero-order chi connectivity index (χ0) is 20.5. The number of anilines is 1. The van der Waals surface area contributed by atoms with E-state index in [2.05, 4.69) is 6.58 Å². The number of carbonyl (C=O) groups excluding carboxylic acids is 2. The number of hydrogen-bond acceptors (Lipinski definition) is 4. The van der Waals surface area contributed by atoms with E-state index in [1.165, 1.54) is 29.2 Å². The number of amides is 1. The van der Waals surface area contributed by atoms with Gasteiger partial charge in [-0.15, -0.1) is 6.58 Å². The van der Waals surface area contributed by atoms with Crippen LogP contribution in [0.15, 0.2) is 54.0 Å². The zero-order valence-corrected chi connectivity index (χ0v) is 14.5. The molecule has 0 saturated heterocycles. The van der Waals surface area contributed by atoms with Gasteiger partial charge in [-0.1, -0.05) is 6.08 Å². The fourth-order valence-corrected chi connectivity index (χ4v) is 2.77. The van der Waals surface area contributed by atoms with Gasteiger partial charge in [-0.3, -0.25) is 14.4 Å². The molecule has 1 aliphatic rings. The Hall–Kier alpha value is -3.36. The van der Waals surface area contributed by atoms with Crippen molar-refractivity contribution >= 4 is 17.4 Å². The standard InChI is InChI=1S/C19H15F3N2O4/c1-2-7-24-14-8-12(3-5-16(14)28-11-18(24)27)15(25)10-23-9-13(19(20,21)22)4-6-17(23)26/h2-6,8-9H,1,7,10-11H2. The van der Waals surface area contributed by atoms with Crippen molar-refractivity contribution < 1.29 is 27.5 Å². The largest absolute Gasteiger partial charge is 0.482 e. The maximum absolute atomic E-state index is 12.8. The molecule has 0 N–H and O–H groups in total. The Morgan fingerprint density at radius 1 is 1.21 bits per heavy atom. The number of pyridine rings is 1. The minimum absolute atomic E-state index is 0.135. The Balaban J connectivity index is 1.91. The summed E-state index contributed by atoms with van der Waals surface area (Å²) >= 11 is 0. The van der Waals surface area contributed by atoms with E-state index in [0.717, 1.165) is 6.07 Å². The second-order valence-electron chi connectivity index (χ2n) is 6.07.